The standard InChI is InChI=1S/C17H31BNO4/c1-15(2,3)22-14(20)12-19-10-8-13(9-11-19)18-23-17(6,7)16(4,5)21/h8,21H,9-12H2,1-7H3. The van der Waals surface area contributed by atoms with Crippen molar-refractivity contribution in [3.05, 3.63) is 11.5 Å². The van der Waals surface area contributed by atoms with Crippen LogP contribution in [0.3, 0.4) is 0 Å². The third kappa shape index (κ3) is 7.06. The van der Waals surface area contributed by atoms with Gasteiger partial charge >= 0.3 is 13.5 Å². The molecule has 0 atom stereocenters. The molecule has 1 aliphatic rings. The van der Waals surface area contributed by atoms with Gasteiger partial charge in [-0.3, -0.25) is 9.69 Å². The molecule has 0 amide bonds. The molecular formula is C17H31BNO4. The molecule has 6 heteroatoms. The average Bonchev–Trinajstić information content (AvgIpc) is 2.34. The highest BCUT2D eigenvalue weighted by molar-refractivity contribution is 6.38. The summed E-state index contributed by atoms with van der Waals surface area (Å²) >= 11 is 0. The lowest BCUT2D eigenvalue weighted by molar-refractivity contribution is -0.156. The summed E-state index contributed by atoms with van der Waals surface area (Å²) in [4.78, 5) is 13.9. The molecule has 0 saturated carbocycles. The minimum atomic E-state index is -0.929. The molecule has 1 N–H and O–H groups in total. The van der Waals surface area contributed by atoms with Gasteiger partial charge in [0.1, 0.15) is 5.60 Å². The molecule has 0 aliphatic carbocycles. The van der Waals surface area contributed by atoms with Crippen molar-refractivity contribution < 1.29 is 19.3 Å². The predicted octanol–water partition coefficient (Wildman–Crippen LogP) is 2.10. The molecule has 5 nitrogen and oxygen atoms in total. The Bertz CT molecular complexity index is 446. The van der Waals surface area contributed by atoms with Crippen molar-refractivity contribution in [2.24, 2.45) is 0 Å². The molecule has 1 heterocycles. The zero-order valence-electron chi connectivity index (χ0n) is 15.6. The van der Waals surface area contributed by atoms with Gasteiger partial charge in [0.25, 0.3) is 0 Å². The molecule has 131 valence electrons. The Labute approximate surface area is 141 Å². The van der Waals surface area contributed by atoms with Crippen LogP contribution >= 0.6 is 0 Å². The molecule has 1 rings (SSSR count). The monoisotopic (exact) mass is 324 g/mol. The van der Waals surface area contributed by atoms with E-state index in [2.05, 4.69) is 0 Å². The molecule has 0 spiro atoms. The van der Waals surface area contributed by atoms with Gasteiger partial charge in [0.05, 0.1) is 17.7 Å². The minimum Gasteiger partial charge on any atom is -0.459 e. The maximum atomic E-state index is 11.8. The summed E-state index contributed by atoms with van der Waals surface area (Å²) in [6, 6.07) is 0. The maximum Gasteiger partial charge on any atom is 0.326 e. The minimum absolute atomic E-state index is 0.197. The Morgan fingerprint density at radius 2 is 1.87 bits per heavy atom. The molecule has 1 aliphatic heterocycles. The number of carbonyl (C=O) groups excluding carboxylic acids is 1. The van der Waals surface area contributed by atoms with Crippen LogP contribution in [0.5, 0.6) is 0 Å². The highest BCUT2D eigenvalue weighted by Crippen LogP contribution is 2.25. The Kier molecular flexibility index (Phi) is 6.47. The van der Waals surface area contributed by atoms with Crippen molar-refractivity contribution in [2.45, 2.75) is 71.7 Å². The first-order valence-electron chi connectivity index (χ1n) is 8.17. The third-order valence-corrected chi connectivity index (χ3v) is 4.08. The van der Waals surface area contributed by atoms with Gasteiger partial charge in [-0.05, 0) is 54.9 Å². The van der Waals surface area contributed by atoms with E-state index in [1.165, 1.54) is 0 Å². The number of rotatable bonds is 6. The molecular weight excluding hydrogens is 293 g/mol. The second kappa shape index (κ2) is 7.37. The zero-order chi connectivity index (χ0) is 17.9. The number of carbonyl (C=O) groups is 1. The zero-order valence-corrected chi connectivity index (χ0v) is 15.6. The van der Waals surface area contributed by atoms with Crippen molar-refractivity contribution in [3.63, 3.8) is 0 Å². The number of aliphatic hydroxyl groups is 1. The number of ether oxygens (including phenoxy) is 1. The molecule has 0 fully saturated rings. The summed E-state index contributed by atoms with van der Waals surface area (Å²) in [6.07, 6.45) is 2.86. The number of nitrogens with zero attached hydrogens (tertiary/aromatic N) is 1. The van der Waals surface area contributed by atoms with E-state index in [0.717, 1.165) is 18.4 Å². The molecule has 23 heavy (non-hydrogen) atoms. The van der Waals surface area contributed by atoms with Gasteiger partial charge in [-0.2, -0.15) is 0 Å². The van der Waals surface area contributed by atoms with Crippen LogP contribution in [0.2, 0.25) is 0 Å². The smallest absolute Gasteiger partial charge is 0.326 e. The molecule has 0 unspecified atom stereocenters. The summed E-state index contributed by atoms with van der Waals surface area (Å²) in [7, 11) is 1.72. The lowest BCUT2D eigenvalue weighted by Gasteiger charge is -2.38. The molecule has 0 saturated heterocycles. The van der Waals surface area contributed by atoms with Gasteiger partial charge in [-0.1, -0.05) is 11.5 Å². The highest BCUT2D eigenvalue weighted by atomic mass is 16.6. The van der Waals surface area contributed by atoms with E-state index in [0.29, 0.717) is 13.1 Å². The van der Waals surface area contributed by atoms with Crippen LogP contribution in [0, 0.1) is 0 Å². The topological polar surface area (TPSA) is 59.0 Å². The van der Waals surface area contributed by atoms with Crippen molar-refractivity contribution in [3.8, 4) is 0 Å². The van der Waals surface area contributed by atoms with Crippen LogP contribution < -0.4 is 0 Å². The second-order valence-corrected chi connectivity index (χ2v) is 8.16. The van der Waals surface area contributed by atoms with Crippen LogP contribution in [0.15, 0.2) is 11.5 Å². The lowest BCUT2D eigenvalue weighted by atomic mass is 9.79. The van der Waals surface area contributed by atoms with Gasteiger partial charge in [-0.15, -0.1) is 0 Å². The Morgan fingerprint density at radius 1 is 1.26 bits per heavy atom. The van der Waals surface area contributed by atoms with E-state index >= 15 is 0 Å². The predicted molar refractivity (Wildman–Crippen MR) is 92.2 cm³/mol. The van der Waals surface area contributed by atoms with Gasteiger partial charge in [0.15, 0.2) is 0 Å². The van der Waals surface area contributed by atoms with Crippen LogP contribution in [0.25, 0.3) is 0 Å². The van der Waals surface area contributed by atoms with E-state index < -0.39 is 16.8 Å². The fraction of sp³-hybridized carbons (Fsp3) is 0.824. The summed E-state index contributed by atoms with van der Waals surface area (Å²) < 4.78 is 11.1. The van der Waals surface area contributed by atoms with Crippen LogP contribution in [-0.2, 0) is 14.2 Å². The first-order chi connectivity index (χ1) is 10.3. The first-order valence-corrected chi connectivity index (χ1v) is 8.17. The molecule has 0 aromatic rings. The van der Waals surface area contributed by atoms with E-state index in [9.17, 15) is 9.90 Å². The van der Waals surface area contributed by atoms with Crippen LogP contribution in [0.4, 0.5) is 0 Å². The van der Waals surface area contributed by atoms with Gasteiger partial charge in [0.2, 0.25) is 0 Å². The maximum absolute atomic E-state index is 11.8. The van der Waals surface area contributed by atoms with Gasteiger partial charge < -0.3 is 14.5 Å². The molecule has 0 aromatic heterocycles. The summed E-state index contributed by atoms with van der Waals surface area (Å²) in [5.74, 6) is -0.197. The Morgan fingerprint density at radius 3 is 2.30 bits per heavy atom. The van der Waals surface area contributed by atoms with Gasteiger partial charge in [-0.25, -0.2) is 0 Å². The fourth-order valence-corrected chi connectivity index (χ4v) is 1.90. The normalized spacial score (nSPS) is 17.7. The summed E-state index contributed by atoms with van der Waals surface area (Å²) in [5, 5.41) is 10.1. The Hall–Kier alpha value is -0.845. The Balaban J connectivity index is 2.43. The van der Waals surface area contributed by atoms with Crippen molar-refractivity contribution in [2.75, 3.05) is 19.6 Å². The quantitative estimate of drug-likeness (QED) is 0.599. The number of esters is 1. The number of hydrogen-bond donors (Lipinski definition) is 1. The highest BCUT2D eigenvalue weighted by Gasteiger charge is 2.36. The van der Waals surface area contributed by atoms with E-state index in [-0.39, 0.29) is 5.97 Å². The lowest BCUT2D eigenvalue weighted by Crippen LogP contribution is -2.48. The molecule has 0 aromatic carbocycles. The van der Waals surface area contributed by atoms with Crippen molar-refractivity contribution in [1.29, 1.82) is 0 Å². The van der Waals surface area contributed by atoms with E-state index in [1.54, 1.807) is 21.3 Å². The SMILES string of the molecule is CC(C)(C)OC(=O)CN1CC=C([B]OC(C)(C)C(C)(C)O)CC1. The van der Waals surface area contributed by atoms with Crippen molar-refractivity contribution >= 4 is 13.5 Å². The second-order valence-electron chi connectivity index (χ2n) is 8.16. The molecule has 0 bridgehead atoms. The third-order valence-electron chi connectivity index (χ3n) is 4.08. The number of hydrogen-bond acceptors (Lipinski definition) is 5. The first kappa shape index (κ1) is 20.2. The van der Waals surface area contributed by atoms with Crippen molar-refractivity contribution in [1.82, 2.24) is 4.90 Å². The van der Waals surface area contributed by atoms with Crippen LogP contribution in [-0.4, -0.2) is 59.9 Å². The van der Waals surface area contributed by atoms with E-state index in [1.807, 2.05) is 45.6 Å². The average molecular weight is 324 g/mol. The van der Waals surface area contributed by atoms with Gasteiger partial charge in [0, 0.05) is 13.1 Å². The fourth-order valence-electron chi connectivity index (χ4n) is 1.90. The summed E-state index contributed by atoms with van der Waals surface area (Å²) in [6.45, 7) is 14.6. The summed E-state index contributed by atoms with van der Waals surface area (Å²) in [5.41, 5.74) is -0.955. The van der Waals surface area contributed by atoms with E-state index in [4.69, 9.17) is 9.39 Å². The largest absolute Gasteiger partial charge is 0.459 e. The van der Waals surface area contributed by atoms with Crippen LogP contribution in [0.1, 0.15) is 54.9 Å². The molecule has 1 radical (unpaired) electrons.